The van der Waals surface area contributed by atoms with Gasteiger partial charge in [-0.05, 0) is 24.6 Å². The Labute approximate surface area is 140 Å². The molecule has 0 amide bonds. The Hall–Kier alpha value is -3.49. The van der Waals surface area contributed by atoms with E-state index >= 15 is 0 Å². The Morgan fingerprint density at radius 1 is 1.24 bits per heavy atom. The maximum Gasteiger partial charge on any atom is 0.313 e. The number of aryl methyl sites for hydroxylation is 1. The molecule has 0 spiro atoms. The van der Waals surface area contributed by atoms with Crippen molar-refractivity contribution in [3.63, 3.8) is 0 Å². The summed E-state index contributed by atoms with van der Waals surface area (Å²) in [6, 6.07) is 4.42. The SMILES string of the molecule is Cc1ccc(Nc2c(-c3nnc(N)o3)cn3ccnc3c2F)c(F)c1. The highest BCUT2D eigenvalue weighted by Crippen LogP contribution is 2.34. The lowest BCUT2D eigenvalue weighted by Crippen LogP contribution is -2.03. The van der Waals surface area contributed by atoms with Crippen molar-refractivity contribution < 1.29 is 13.2 Å². The molecule has 4 aromatic rings. The van der Waals surface area contributed by atoms with Crippen LogP contribution in [-0.2, 0) is 0 Å². The molecule has 0 fully saturated rings. The number of nitrogens with two attached hydrogens (primary N) is 1. The van der Waals surface area contributed by atoms with Gasteiger partial charge in [-0.25, -0.2) is 13.8 Å². The number of anilines is 3. The summed E-state index contributed by atoms with van der Waals surface area (Å²) in [5.41, 5.74) is 6.58. The first-order valence-electron chi connectivity index (χ1n) is 7.30. The monoisotopic (exact) mass is 342 g/mol. The molecular formula is C16H12F2N6O. The highest BCUT2D eigenvalue weighted by Gasteiger charge is 2.21. The minimum absolute atomic E-state index is 0.00187. The molecule has 0 radical (unpaired) electrons. The van der Waals surface area contributed by atoms with Crippen molar-refractivity contribution in [1.82, 2.24) is 19.6 Å². The van der Waals surface area contributed by atoms with Crippen molar-refractivity contribution in [2.24, 2.45) is 0 Å². The van der Waals surface area contributed by atoms with Crippen molar-refractivity contribution in [1.29, 1.82) is 0 Å². The highest BCUT2D eigenvalue weighted by atomic mass is 19.1. The molecule has 9 heteroatoms. The first-order chi connectivity index (χ1) is 12.0. The van der Waals surface area contributed by atoms with Crippen LogP contribution in [0.4, 0.5) is 26.2 Å². The highest BCUT2D eigenvalue weighted by molar-refractivity contribution is 5.80. The molecule has 3 heterocycles. The molecule has 0 saturated heterocycles. The Morgan fingerprint density at radius 2 is 2.08 bits per heavy atom. The minimum Gasteiger partial charge on any atom is -0.403 e. The maximum absolute atomic E-state index is 15.0. The number of pyridine rings is 1. The summed E-state index contributed by atoms with van der Waals surface area (Å²) in [5.74, 6) is -1.19. The maximum atomic E-state index is 15.0. The zero-order chi connectivity index (χ0) is 17.6. The molecule has 0 aliphatic heterocycles. The Kier molecular flexibility index (Phi) is 3.34. The van der Waals surface area contributed by atoms with E-state index in [9.17, 15) is 8.78 Å². The number of nitrogens with zero attached hydrogens (tertiary/aromatic N) is 4. The third-order valence-electron chi connectivity index (χ3n) is 3.68. The van der Waals surface area contributed by atoms with Crippen LogP contribution in [0, 0.1) is 18.6 Å². The molecule has 25 heavy (non-hydrogen) atoms. The average Bonchev–Trinajstić information content (AvgIpc) is 3.20. The van der Waals surface area contributed by atoms with E-state index in [0.29, 0.717) is 0 Å². The second kappa shape index (κ2) is 5.55. The fourth-order valence-electron chi connectivity index (χ4n) is 2.50. The minimum atomic E-state index is -0.681. The number of rotatable bonds is 3. The fraction of sp³-hybridized carbons (Fsp3) is 0.0625. The smallest absolute Gasteiger partial charge is 0.313 e. The Bertz CT molecular complexity index is 1090. The number of hydrogen-bond acceptors (Lipinski definition) is 6. The van der Waals surface area contributed by atoms with Crippen LogP contribution >= 0.6 is 0 Å². The Morgan fingerprint density at radius 3 is 2.80 bits per heavy atom. The number of nitrogens with one attached hydrogen (secondary N) is 1. The van der Waals surface area contributed by atoms with Gasteiger partial charge < -0.3 is 19.9 Å². The summed E-state index contributed by atoms with van der Waals surface area (Å²) in [6.45, 7) is 1.76. The van der Waals surface area contributed by atoms with E-state index < -0.39 is 11.6 Å². The van der Waals surface area contributed by atoms with Crippen LogP contribution in [-0.4, -0.2) is 19.6 Å². The van der Waals surface area contributed by atoms with Gasteiger partial charge in [0.1, 0.15) is 5.82 Å². The van der Waals surface area contributed by atoms with Crippen molar-refractivity contribution in [2.45, 2.75) is 6.92 Å². The van der Waals surface area contributed by atoms with Crippen LogP contribution in [0.25, 0.3) is 17.1 Å². The number of aromatic nitrogens is 4. The second-order valence-electron chi connectivity index (χ2n) is 5.44. The largest absolute Gasteiger partial charge is 0.403 e. The van der Waals surface area contributed by atoms with E-state index in [1.165, 1.54) is 22.7 Å². The van der Waals surface area contributed by atoms with E-state index in [-0.39, 0.29) is 34.5 Å². The molecule has 4 rings (SSSR count). The lowest BCUT2D eigenvalue weighted by atomic mass is 10.1. The third-order valence-corrected chi connectivity index (χ3v) is 3.68. The predicted molar refractivity (Wildman–Crippen MR) is 87.3 cm³/mol. The van der Waals surface area contributed by atoms with E-state index in [1.54, 1.807) is 25.4 Å². The molecule has 0 unspecified atom stereocenters. The number of imidazole rings is 1. The van der Waals surface area contributed by atoms with Crippen molar-refractivity contribution in [3.05, 3.63) is 54.0 Å². The average molecular weight is 342 g/mol. The molecule has 0 bridgehead atoms. The van der Waals surface area contributed by atoms with Gasteiger partial charge >= 0.3 is 6.01 Å². The summed E-state index contributed by atoms with van der Waals surface area (Å²) < 4.78 is 35.8. The van der Waals surface area contributed by atoms with E-state index in [0.717, 1.165) is 5.56 Å². The first-order valence-corrected chi connectivity index (χ1v) is 7.30. The third kappa shape index (κ3) is 2.55. The molecule has 0 atom stereocenters. The second-order valence-corrected chi connectivity index (χ2v) is 5.44. The summed E-state index contributed by atoms with van der Waals surface area (Å²) in [7, 11) is 0. The molecule has 126 valence electrons. The topological polar surface area (TPSA) is 94.3 Å². The van der Waals surface area contributed by atoms with Gasteiger partial charge in [0.25, 0.3) is 5.89 Å². The zero-order valence-electron chi connectivity index (χ0n) is 13.0. The number of fused-ring (bicyclic) bond motifs is 1. The normalized spacial score (nSPS) is 11.2. The van der Waals surface area contributed by atoms with E-state index in [1.807, 2.05) is 0 Å². The van der Waals surface area contributed by atoms with Gasteiger partial charge in [0.2, 0.25) is 0 Å². The first kappa shape index (κ1) is 15.1. The molecule has 0 aliphatic carbocycles. The van der Waals surface area contributed by atoms with Gasteiger partial charge in [0, 0.05) is 18.6 Å². The van der Waals surface area contributed by atoms with Crippen LogP contribution in [0.2, 0.25) is 0 Å². The van der Waals surface area contributed by atoms with E-state index in [2.05, 4.69) is 20.5 Å². The van der Waals surface area contributed by atoms with Gasteiger partial charge in [0.15, 0.2) is 11.5 Å². The summed E-state index contributed by atoms with van der Waals surface area (Å²) in [6.07, 6.45) is 4.56. The Balaban J connectivity index is 1.92. The summed E-state index contributed by atoms with van der Waals surface area (Å²) in [5, 5.41) is 10.1. The van der Waals surface area contributed by atoms with Gasteiger partial charge in [0.05, 0.1) is 16.9 Å². The molecule has 1 aromatic carbocycles. The van der Waals surface area contributed by atoms with Crippen LogP contribution in [0.5, 0.6) is 0 Å². The molecule has 7 nitrogen and oxygen atoms in total. The van der Waals surface area contributed by atoms with E-state index in [4.69, 9.17) is 10.2 Å². The molecule has 3 N–H and O–H groups in total. The van der Waals surface area contributed by atoms with Gasteiger partial charge in [-0.15, -0.1) is 5.10 Å². The van der Waals surface area contributed by atoms with Crippen LogP contribution in [0.15, 0.2) is 41.2 Å². The number of nitrogen functional groups attached to an aromatic ring is 1. The van der Waals surface area contributed by atoms with Crippen LogP contribution in [0.3, 0.4) is 0 Å². The van der Waals surface area contributed by atoms with Crippen molar-refractivity contribution in [3.8, 4) is 11.5 Å². The zero-order valence-corrected chi connectivity index (χ0v) is 13.0. The van der Waals surface area contributed by atoms with Crippen molar-refractivity contribution in [2.75, 3.05) is 11.1 Å². The molecule has 0 saturated carbocycles. The summed E-state index contributed by atoms with van der Waals surface area (Å²) in [4.78, 5) is 3.96. The number of benzene rings is 1. The van der Waals surface area contributed by atoms with Gasteiger partial charge in [-0.3, -0.25) is 0 Å². The number of halogens is 2. The number of hydrogen-bond donors (Lipinski definition) is 2. The van der Waals surface area contributed by atoms with Crippen molar-refractivity contribution >= 4 is 23.0 Å². The lowest BCUT2D eigenvalue weighted by Gasteiger charge is -2.13. The van der Waals surface area contributed by atoms with Crippen LogP contribution in [0.1, 0.15) is 5.56 Å². The molecule has 0 aliphatic rings. The van der Waals surface area contributed by atoms with Gasteiger partial charge in [-0.2, -0.15) is 0 Å². The standard InChI is InChI=1S/C16H12F2N6O/c1-8-2-3-11(10(17)6-8)21-13-9(15-22-23-16(19)25-15)7-24-5-4-20-14(24)12(13)18/h2-7,21H,1H3,(H2,19,23). The lowest BCUT2D eigenvalue weighted by molar-refractivity contribution is 0.587. The van der Waals surface area contributed by atoms with Gasteiger partial charge in [-0.1, -0.05) is 11.2 Å². The molecule has 3 aromatic heterocycles. The fourth-order valence-corrected chi connectivity index (χ4v) is 2.50. The summed E-state index contributed by atoms with van der Waals surface area (Å²) >= 11 is 0. The van der Waals surface area contributed by atoms with Crippen LogP contribution < -0.4 is 11.1 Å². The molecular weight excluding hydrogens is 330 g/mol. The quantitative estimate of drug-likeness (QED) is 0.593. The predicted octanol–water partition coefficient (Wildman–Crippen LogP) is 3.30.